The molecule has 0 aliphatic carbocycles. The first-order valence-electron chi connectivity index (χ1n) is 8.90. The number of carbonyl (C=O) groups is 1. The van der Waals surface area contributed by atoms with Crippen LogP contribution in [0.3, 0.4) is 0 Å². The molecule has 3 heterocycles. The second-order valence-electron chi connectivity index (χ2n) is 6.89. The summed E-state index contributed by atoms with van der Waals surface area (Å²) in [6.45, 7) is 7.30. The molecular formula is C18H26N4O3. The van der Waals surface area contributed by atoms with Gasteiger partial charge in [0, 0.05) is 31.5 Å². The highest BCUT2D eigenvalue weighted by Gasteiger charge is 2.32. The summed E-state index contributed by atoms with van der Waals surface area (Å²) < 4.78 is 12.8. The number of hydrogen-bond acceptors (Lipinski definition) is 5. The van der Waals surface area contributed by atoms with E-state index in [0.29, 0.717) is 24.9 Å². The van der Waals surface area contributed by atoms with Crippen molar-refractivity contribution in [2.24, 2.45) is 5.92 Å². The topological polar surface area (TPSA) is 82.2 Å². The van der Waals surface area contributed by atoms with E-state index in [1.807, 2.05) is 49.9 Å². The monoisotopic (exact) mass is 346 g/mol. The number of aromatic nitrogens is 3. The van der Waals surface area contributed by atoms with Crippen LogP contribution in [-0.4, -0.2) is 33.8 Å². The number of nitrogens with zero attached hydrogens (tertiary/aromatic N) is 3. The Labute approximate surface area is 147 Å². The maximum Gasteiger partial charge on any atom is 0.249 e. The molecule has 0 unspecified atom stereocenters. The lowest BCUT2D eigenvalue weighted by Crippen LogP contribution is -2.39. The second kappa shape index (κ2) is 7.82. The van der Waals surface area contributed by atoms with E-state index in [-0.39, 0.29) is 29.8 Å². The summed E-state index contributed by atoms with van der Waals surface area (Å²) in [5.74, 6) is 1.51. The van der Waals surface area contributed by atoms with E-state index >= 15 is 0 Å². The van der Waals surface area contributed by atoms with E-state index < -0.39 is 0 Å². The Morgan fingerprint density at radius 1 is 1.24 bits per heavy atom. The minimum Gasteiger partial charge on any atom is -0.381 e. The molecule has 2 atom stereocenters. The van der Waals surface area contributed by atoms with E-state index in [9.17, 15) is 4.79 Å². The number of amides is 1. The first-order chi connectivity index (χ1) is 12.1. The van der Waals surface area contributed by atoms with Crippen LogP contribution in [0, 0.1) is 5.92 Å². The van der Waals surface area contributed by atoms with E-state index in [2.05, 4.69) is 15.5 Å². The molecule has 0 bridgehead atoms. The molecule has 2 aromatic heterocycles. The number of nitrogens with one attached hydrogen (secondary N) is 1. The van der Waals surface area contributed by atoms with Gasteiger partial charge in [-0.3, -0.25) is 4.79 Å². The third kappa shape index (κ3) is 4.10. The van der Waals surface area contributed by atoms with Crippen molar-refractivity contribution in [3.63, 3.8) is 0 Å². The molecule has 1 N–H and O–H groups in total. The van der Waals surface area contributed by atoms with Gasteiger partial charge < -0.3 is 19.1 Å². The van der Waals surface area contributed by atoms with Crippen LogP contribution in [0.2, 0.25) is 0 Å². The van der Waals surface area contributed by atoms with Crippen molar-refractivity contribution in [3.8, 4) is 0 Å². The van der Waals surface area contributed by atoms with Crippen LogP contribution in [0.4, 0.5) is 0 Å². The third-order valence-corrected chi connectivity index (χ3v) is 4.73. The molecule has 1 amide bonds. The summed E-state index contributed by atoms with van der Waals surface area (Å²) >= 11 is 0. The SMILES string of the molecule is CC(C)c1noc([C@@H](NC(=O)[C@H](C)n2cccc2)C2CCOCC2)n1. The van der Waals surface area contributed by atoms with Crippen molar-refractivity contribution in [1.82, 2.24) is 20.0 Å². The van der Waals surface area contributed by atoms with E-state index in [1.54, 1.807) is 0 Å². The summed E-state index contributed by atoms with van der Waals surface area (Å²) in [6, 6.07) is 3.23. The molecular weight excluding hydrogens is 320 g/mol. The fourth-order valence-electron chi connectivity index (χ4n) is 3.05. The van der Waals surface area contributed by atoms with Gasteiger partial charge in [-0.25, -0.2) is 0 Å². The zero-order chi connectivity index (χ0) is 17.8. The number of hydrogen-bond donors (Lipinski definition) is 1. The Balaban J connectivity index is 1.79. The Hall–Kier alpha value is -2.15. The van der Waals surface area contributed by atoms with E-state index in [4.69, 9.17) is 9.26 Å². The van der Waals surface area contributed by atoms with Crippen molar-refractivity contribution in [1.29, 1.82) is 0 Å². The average Bonchev–Trinajstić information content (AvgIpc) is 3.31. The smallest absolute Gasteiger partial charge is 0.249 e. The molecule has 0 spiro atoms. The predicted molar refractivity (Wildman–Crippen MR) is 92.0 cm³/mol. The molecule has 1 aliphatic rings. The molecule has 7 heteroatoms. The summed E-state index contributed by atoms with van der Waals surface area (Å²) in [5, 5.41) is 7.19. The number of rotatable bonds is 6. The molecule has 2 aromatic rings. The summed E-state index contributed by atoms with van der Waals surface area (Å²) in [7, 11) is 0. The highest BCUT2D eigenvalue weighted by Crippen LogP contribution is 2.30. The highest BCUT2D eigenvalue weighted by molar-refractivity contribution is 5.80. The molecule has 136 valence electrons. The van der Waals surface area contributed by atoms with Gasteiger partial charge in [-0.2, -0.15) is 4.98 Å². The molecule has 3 rings (SSSR count). The van der Waals surface area contributed by atoms with Crippen LogP contribution in [0.25, 0.3) is 0 Å². The van der Waals surface area contributed by atoms with Gasteiger partial charge in [0.2, 0.25) is 11.8 Å². The van der Waals surface area contributed by atoms with Gasteiger partial charge in [0.05, 0.1) is 0 Å². The minimum absolute atomic E-state index is 0.0583. The summed E-state index contributed by atoms with van der Waals surface area (Å²) in [4.78, 5) is 17.3. The van der Waals surface area contributed by atoms with Crippen LogP contribution in [0.5, 0.6) is 0 Å². The van der Waals surface area contributed by atoms with E-state index in [1.165, 1.54) is 0 Å². The standard InChI is InChI=1S/C18H26N4O3/c1-12(2)16-20-18(25-21-16)15(14-6-10-24-11-7-14)19-17(23)13(3)22-8-4-5-9-22/h4-5,8-9,12-15H,6-7,10-11H2,1-3H3,(H,19,23)/t13-,15-/m0/s1. The minimum atomic E-state index is -0.301. The number of carbonyl (C=O) groups excluding carboxylic acids is 1. The van der Waals surface area contributed by atoms with Crippen molar-refractivity contribution in [2.45, 2.75) is 51.6 Å². The Kier molecular flexibility index (Phi) is 5.53. The Morgan fingerprint density at radius 2 is 1.92 bits per heavy atom. The van der Waals surface area contributed by atoms with Crippen molar-refractivity contribution >= 4 is 5.91 Å². The van der Waals surface area contributed by atoms with Crippen molar-refractivity contribution in [2.75, 3.05) is 13.2 Å². The van der Waals surface area contributed by atoms with Gasteiger partial charge in [0.1, 0.15) is 12.1 Å². The van der Waals surface area contributed by atoms with Crippen LogP contribution in [0.15, 0.2) is 29.0 Å². The third-order valence-electron chi connectivity index (χ3n) is 4.73. The van der Waals surface area contributed by atoms with Crippen LogP contribution in [0.1, 0.15) is 63.3 Å². The molecule has 7 nitrogen and oxygen atoms in total. The van der Waals surface area contributed by atoms with Crippen LogP contribution >= 0.6 is 0 Å². The van der Waals surface area contributed by atoms with Gasteiger partial charge in [-0.15, -0.1) is 0 Å². The van der Waals surface area contributed by atoms with Gasteiger partial charge in [-0.1, -0.05) is 19.0 Å². The summed E-state index contributed by atoms with van der Waals surface area (Å²) in [6.07, 6.45) is 5.50. The Bertz CT molecular complexity index is 674. The molecule has 0 saturated carbocycles. The largest absolute Gasteiger partial charge is 0.381 e. The first kappa shape index (κ1) is 17.7. The molecule has 1 fully saturated rings. The normalized spacial score (nSPS) is 18.2. The number of ether oxygens (including phenoxy) is 1. The lowest BCUT2D eigenvalue weighted by molar-refractivity contribution is -0.125. The molecule has 0 radical (unpaired) electrons. The van der Waals surface area contributed by atoms with Gasteiger partial charge in [0.15, 0.2) is 5.82 Å². The fourth-order valence-corrected chi connectivity index (χ4v) is 3.05. The van der Waals surface area contributed by atoms with Gasteiger partial charge in [-0.05, 0) is 37.8 Å². The maximum absolute atomic E-state index is 12.8. The van der Waals surface area contributed by atoms with Crippen LogP contribution < -0.4 is 5.32 Å². The van der Waals surface area contributed by atoms with Gasteiger partial charge >= 0.3 is 0 Å². The first-order valence-corrected chi connectivity index (χ1v) is 8.90. The lowest BCUT2D eigenvalue weighted by atomic mass is 9.91. The van der Waals surface area contributed by atoms with E-state index in [0.717, 1.165) is 12.8 Å². The molecule has 0 aromatic carbocycles. The predicted octanol–water partition coefficient (Wildman–Crippen LogP) is 2.84. The van der Waals surface area contributed by atoms with Gasteiger partial charge in [0.25, 0.3) is 0 Å². The zero-order valence-corrected chi connectivity index (χ0v) is 15.0. The van der Waals surface area contributed by atoms with Crippen LogP contribution in [-0.2, 0) is 9.53 Å². The maximum atomic E-state index is 12.8. The summed E-state index contributed by atoms with van der Waals surface area (Å²) in [5.41, 5.74) is 0. The Morgan fingerprint density at radius 3 is 2.52 bits per heavy atom. The zero-order valence-electron chi connectivity index (χ0n) is 15.0. The van der Waals surface area contributed by atoms with Crippen molar-refractivity contribution in [3.05, 3.63) is 36.2 Å². The fraction of sp³-hybridized carbons (Fsp3) is 0.611. The van der Waals surface area contributed by atoms with Crippen molar-refractivity contribution < 1.29 is 14.1 Å². The quantitative estimate of drug-likeness (QED) is 0.870. The molecule has 1 aliphatic heterocycles. The molecule has 1 saturated heterocycles. The highest BCUT2D eigenvalue weighted by atomic mass is 16.5. The second-order valence-corrected chi connectivity index (χ2v) is 6.89. The lowest BCUT2D eigenvalue weighted by Gasteiger charge is -2.29. The molecule has 25 heavy (non-hydrogen) atoms. The average molecular weight is 346 g/mol.